The Morgan fingerprint density at radius 3 is 2.82 bits per heavy atom. The molecule has 1 aromatic rings. The highest BCUT2D eigenvalue weighted by molar-refractivity contribution is 5.79. The molecular weight excluding hydrogens is 216 g/mol. The van der Waals surface area contributed by atoms with E-state index in [1.165, 1.54) is 12.8 Å². The fourth-order valence-electron chi connectivity index (χ4n) is 3.22. The summed E-state index contributed by atoms with van der Waals surface area (Å²) in [5, 5.41) is 6.40. The minimum Gasteiger partial charge on any atom is -0.467 e. The first-order chi connectivity index (χ1) is 8.34. The molecule has 4 nitrogen and oxygen atoms in total. The maximum Gasteiger partial charge on any atom is 0.224 e. The van der Waals surface area contributed by atoms with Crippen molar-refractivity contribution in [2.75, 3.05) is 13.1 Å². The fourth-order valence-corrected chi connectivity index (χ4v) is 3.22. The number of carbonyl (C=O) groups excluding carboxylic acids is 1. The molecule has 17 heavy (non-hydrogen) atoms. The zero-order chi connectivity index (χ0) is 11.7. The lowest BCUT2D eigenvalue weighted by molar-refractivity contribution is -0.128. The van der Waals surface area contributed by atoms with E-state index in [0.29, 0.717) is 18.4 Å². The highest BCUT2D eigenvalue weighted by Crippen LogP contribution is 2.39. The molecule has 1 aliphatic heterocycles. The second kappa shape index (κ2) is 4.53. The molecule has 3 rings (SSSR count). The molecule has 0 aromatic carbocycles. The lowest BCUT2D eigenvalue weighted by Crippen LogP contribution is -2.45. The highest BCUT2D eigenvalue weighted by Gasteiger charge is 2.42. The topological polar surface area (TPSA) is 54.3 Å². The molecule has 92 valence electrons. The maximum atomic E-state index is 12.2. The molecule has 2 bridgehead atoms. The Kier molecular flexibility index (Phi) is 2.89. The maximum absolute atomic E-state index is 12.2. The van der Waals surface area contributed by atoms with Gasteiger partial charge in [0, 0.05) is 5.92 Å². The molecule has 1 aliphatic carbocycles. The van der Waals surface area contributed by atoms with Gasteiger partial charge in [0.05, 0.1) is 12.8 Å². The fraction of sp³-hybridized carbons (Fsp3) is 0.615. The van der Waals surface area contributed by atoms with Crippen molar-refractivity contribution in [2.45, 2.75) is 19.4 Å². The molecule has 1 saturated heterocycles. The minimum atomic E-state index is 0.204. The third-order valence-corrected chi connectivity index (χ3v) is 4.06. The van der Waals surface area contributed by atoms with Gasteiger partial charge >= 0.3 is 0 Å². The van der Waals surface area contributed by atoms with Crippen LogP contribution in [0.15, 0.2) is 22.8 Å². The lowest BCUT2D eigenvalue weighted by Gasteiger charge is -2.29. The lowest BCUT2D eigenvalue weighted by atomic mass is 9.85. The summed E-state index contributed by atoms with van der Waals surface area (Å²) >= 11 is 0. The highest BCUT2D eigenvalue weighted by atomic mass is 16.3. The third kappa shape index (κ3) is 2.09. The summed E-state index contributed by atoms with van der Waals surface area (Å²) in [6.45, 7) is 2.50. The van der Waals surface area contributed by atoms with Crippen LogP contribution in [0, 0.1) is 17.8 Å². The monoisotopic (exact) mass is 234 g/mol. The van der Waals surface area contributed by atoms with E-state index in [4.69, 9.17) is 4.42 Å². The summed E-state index contributed by atoms with van der Waals surface area (Å²) in [6.07, 6.45) is 4.02. The smallest absolute Gasteiger partial charge is 0.224 e. The zero-order valence-electron chi connectivity index (χ0n) is 9.82. The van der Waals surface area contributed by atoms with Crippen molar-refractivity contribution in [3.63, 3.8) is 0 Å². The molecule has 1 aromatic heterocycles. The first kappa shape index (κ1) is 10.8. The van der Waals surface area contributed by atoms with E-state index in [2.05, 4.69) is 10.6 Å². The second-order valence-electron chi connectivity index (χ2n) is 5.08. The van der Waals surface area contributed by atoms with Crippen molar-refractivity contribution in [3.8, 4) is 0 Å². The average Bonchev–Trinajstić information content (AvgIpc) is 2.93. The Morgan fingerprint density at radius 2 is 2.18 bits per heavy atom. The number of hydrogen-bond acceptors (Lipinski definition) is 3. The van der Waals surface area contributed by atoms with Crippen LogP contribution in [0.25, 0.3) is 0 Å². The van der Waals surface area contributed by atoms with Gasteiger partial charge in [-0.2, -0.15) is 0 Å². The van der Waals surface area contributed by atoms with E-state index in [9.17, 15) is 4.79 Å². The van der Waals surface area contributed by atoms with E-state index in [1.807, 2.05) is 12.1 Å². The van der Waals surface area contributed by atoms with Gasteiger partial charge in [-0.15, -0.1) is 0 Å². The Balaban J connectivity index is 1.59. The summed E-state index contributed by atoms with van der Waals surface area (Å²) in [4.78, 5) is 12.2. The normalized spacial score (nSPS) is 31.4. The van der Waals surface area contributed by atoms with Crippen LogP contribution in [-0.4, -0.2) is 19.0 Å². The zero-order valence-corrected chi connectivity index (χ0v) is 9.82. The van der Waals surface area contributed by atoms with Gasteiger partial charge in [-0.05, 0) is 49.9 Å². The van der Waals surface area contributed by atoms with Crippen LogP contribution < -0.4 is 10.6 Å². The van der Waals surface area contributed by atoms with E-state index < -0.39 is 0 Å². The van der Waals surface area contributed by atoms with Crippen LogP contribution in [0.2, 0.25) is 0 Å². The van der Waals surface area contributed by atoms with E-state index >= 15 is 0 Å². The Morgan fingerprint density at radius 1 is 1.41 bits per heavy atom. The molecule has 0 spiro atoms. The van der Waals surface area contributed by atoms with Crippen molar-refractivity contribution in [1.29, 1.82) is 0 Å². The molecule has 2 fully saturated rings. The molecule has 4 heteroatoms. The van der Waals surface area contributed by atoms with Crippen molar-refractivity contribution < 1.29 is 9.21 Å². The number of nitrogens with one attached hydrogen (secondary N) is 2. The Bertz CT molecular complexity index is 372. The number of carbonyl (C=O) groups is 1. The molecule has 2 N–H and O–H groups in total. The van der Waals surface area contributed by atoms with Crippen LogP contribution >= 0.6 is 0 Å². The van der Waals surface area contributed by atoms with Gasteiger partial charge in [0.25, 0.3) is 0 Å². The predicted octanol–water partition coefficient (Wildman–Crippen LogP) is 1.14. The summed E-state index contributed by atoms with van der Waals surface area (Å²) < 4.78 is 5.21. The summed E-state index contributed by atoms with van der Waals surface area (Å²) in [5.41, 5.74) is 0. The molecule has 2 atom stereocenters. The van der Waals surface area contributed by atoms with Gasteiger partial charge < -0.3 is 15.1 Å². The van der Waals surface area contributed by atoms with Crippen LogP contribution in [0.4, 0.5) is 0 Å². The van der Waals surface area contributed by atoms with Crippen molar-refractivity contribution in [2.24, 2.45) is 17.8 Å². The van der Waals surface area contributed by atoms with Gasteiger partial charge in [-0.3, -0.25) is 4.79 Å². The Hall–Kier alpha value is -1.29. The van der Waals surface area contributed by atoms with Crippen molar-refractivity contribution >= 4 is 5.91 Å². The Labute approximate surface area is 101 Å². The third-order valence-electron chi connectivity index (χ3n) is 4.06. The van der Waals surface area contributed by atoms with Gasteiger partial charge in [0.15, 0.2) is 0 Å². The molecule has 2 heterocycles. The van der Waals surface area contributed by atoms with E-state index in [0.717, 1.165) is 18.8 Å². The van der Waals surface area contributed by atoms with Crippen molar-refractivity contribution in [3.05, 3.63) is 24.2 Å². The molecule has 0 unspecified atom stereocenters. The standard InChI is InChI=1S/C13H18N2O2/c16-13(15-8-11-2-1-5-17-11)12-9-3-4-10(12)7-14-6-9/h1-2,5,9-10,12,14H,3-4,6-8H2,(H,15,16)/t9-,10-/m0/s1. The van der Waals surface area contributed by atoms with E-state index in [1.54, 1.807) is 6.26 Å². The summed E-state index contributed by atoms with van der Waals surface area (Å²) in [5.74, 6) is 2.30. The molecule has 0 radical (unpaired) electrons. The SMILES string of the molecule is O=C(NCc1ccco1)C1[C@H]2CC[C@H]1CNC2. The van der Waals surface area contributed by atoms with Crippen LogP contribution in [0.5, 0.6) is 0 Å². The van der Waals surface area contributed by atoms with Crippen LogP contribution in [-0.2, 0) is 11.3 Å². The molecule has 1 saturated carbocycles. The van der Waals surface area contributed by atoms with Crippen LogP contribution in [0.1, 0.15) is 18.6 Å². The molecular formula is C13H18N2O2. The number of fused-ring (bicyclic) bond motifs is 2. The summed E-state index contributed by atoms with van der Waals surface area (Å²) in [7, 11) is 0. The van der Waals surface area contributed by atoms with Gasteiger partial charge in [-0.25, -0.2) is 0 Å². The van der Waals surface area contributed by atoms with Gasteiger partial charge in [0.1, 0.15) is 5.76 Å². The predicted molar refractivity (Wildman–Crippen MR) is 63.1 cm³/mol. The van der Waals surface area contributed by atoms with Gasteiger partial charge in [0.2, 0.25) is 5.91 Å². The minimum absolute atomic E-state index is 0.204. The van der Waals surface area contributed by atoms with Crippen molar-refractivity contribution in [1.82, 2.24) is 10.6 Å². The number of rotatable bonds is 3. The quantitative estimate of drug-likeness (QED) is 0.824. The summed E-state index contributed by atoms with van der Waals surface area (Å²) in [6, 6.07) is 3.73. The number of furan rings is 1. The molecule has 2 aliphatic rings. The van der Waals surface area contributed by atoms with Gasteiger partial charge in [-0.1, -0.05) is 0 Å². The van der Waals surface area contributed by atoms with E-state index in [-0.39, 0.29) is 11.8 Å². The first-order valence-electron chi connectivity index (χ1n) is 6.35. The number of piperidine rings is 1. The number of hydrogen-bond donors (Lipinski definition) is 2. The molecule has 1 amide bonds. The number of amides is 1. The van der Waals surface area contributed by atoms with Crippen LogP contribution in [0.3, 0.4) is 0 Å². The largest absolute Gasteiger partial charge is 0.467 e. The first-order valence-corrected chi connectivity index (χ1v) is 6.35. The second-order valence-corrected chi connectivity index (χ2v) is 5.08. The average molecular weight is 234 g/mol.